The zero-order chi connectivity index (χ0) is 12.3. The first-order valence-corrected chi connectivity index (χ1v) is 6.06. The van der Waals surface area contributed by atoms with E-state index in [2.05, 4.69) is 11.1 Å². The van der Waals surface area contributed by atoms with Gasteiger partial charge in [-0.1, -0.05) is 18.7 Å². The molecule has 16 heavy (non-hydrogen) atoms. The highest BCUT2D eigenvalue weighted by molar-refractivity contribution is 7.99. The van der Waals surface area contributed by atoms with E-state index in [-0.39, 0.29) is 5.25 Å². The van der Waals surface area contributed by atoms with Crippen molar-refractivity contribution in [2.24, 2.45) is 0 Å². The molecular weight excluding hydrogens is 220 g/mol. The summed E-state index contributed by atoms with van der Waals surface area (Å²) in [6.07, 6.45) is -0.417. The molecule has 1 N–H and O–H groups in total. The van der Waals surface area contributed by atoms with Crippen LogP contribution in [-0.2, 0) is 0 Å². The zero-order valence-corrected chi connectivity index (χ0v) is 10.8. The van der Waals surface area contributed by atoms with Crippen LogP contribution in [0.3, 0.4) is 0 Å². The Morgan fingerprint density at radius 3 is 2.56 bits per heavy atom. The first kappa shape index (κ1) is 13.0. The third-order valence-corrected chi connectivity index (χ3v) is 3.68. The molecular formula is C12H16N2OS. The molecule has 0 aliphatic carbocycles. The summed E-state index contributed by atoms with van der Waals surface area (Å²) < 4.78 is 0. The Balaban J connectivity index is 3.08. The number of hydrogen-bond donors (Lipinski definition) is 1. The molecule has 0 radical (unpaired) electrons. The predicted octanol–water partition coefficient (Wildman–Crippen LogP) is 2.43. The van der Waals surface area contributed by atoms with Gasteiger partial charge in [-0.2, -0.15) is 5.26 Å². The maximum Gasteiger partial charge on any atom is 0.115 e. The zero-order valence-electron chi connectivity index (χ0n) is 9.98. The van der Waals surface area contributed by atoms with E-state index in [1.165, 1.54) is 11.8 Å². The molecule has 0 aromatic carbocycles. The number of rotatable bonds is 3. The lowest BCUT2D eigenvalue weighted by Crippen LogP contribution is -2.15. The van der Waals surface area contributed by atoms with E-state index in [0.717, 1.165) is 11.3 Å². The Hall–Kier alpha value is -1.05. The van der Waals surface area contributed by atoms with Gasteiger partial charge in [0.2, 0.25) is 0 Å². The summed E-state index contributed by atoms with van der Waals surface area (Å²) in [4.78, 5) is 4.36. The standard InChI is InChI=1S/C12H16N2OS/c1-7-5-8(2)14-12(11(7)6-13)16-10(4)9(3)15/h5,9-10,15H,1-4H3. The number of hydrogen-bond acceptors (Lipinski definition) is 4. The molecule has 0 amide bonds. The van der Waals surface area contributed by atoms with Crippen molar-refractivity contribution >= 4 is 11.8 Å². The van der Waals surface area contributed by atoms with Crippen LogP contribution in [0.5, 0.6) is 0 Å². The van der Waals surface area contributed by atoms with Gasteiger partial charge in [0, 0.05) is 10.9 Å². The lowest BCUT2D eigenvalue weighted by Gasteiger charge is -2.15. The van der Waals surface area contributed by atoms with Crippen LogP contribution >= 0.6 is 11.8 Å². The molecule has 0 saturated carbocycles. The van der Waals surface area contributed by atoms with E-state index >= 15 is 0 Å². The SMILES string of the molecule is Cc1cc(C)c(C#N)c(SC(C)C(C)O)n1. The highest BCUT2D eigenvalue weighted by Gasteiger charge is 2.15. The molecule has 1 aromatic rings. The van der Waals surface area contributed by atoms with Crippen LogP contribution in [0.15, 0.2) is 11.1 Å². The first-order valence-electron chi connectivity index (χ1n) is 5.18. The van der Waals surface area contributed by atoms with Crippen molar-refractivity contribution in [2.75, 3.05) is 0 Å². The second-order valence-electron chi connectivity index (χ2n) is 3.94. The third-order valence-electron chi connectivity index (χ3n) is 2.40. The van der Waals surface area contributed by atoms with Crippen molar-refractivity contribution in [2.45, 2.75) is 44.1 Å². The van der Waals surface area contributed by atoms with Crippen molar-refractivity contribution in [1.29, 1.82) is 5.26 Å². The lowest BCUT2D eigenvalue weighted by atomic mass is 10.1. The van der Waals surface area contributed by atoms with Crippen LogP contribution in [-0.4, -0.2) is 21.4 Å². The molecule has 0 aliphatic rings. The summed E-state index contributed by atoms with van der Waals surface area (Å²) in [6, 6.07) is 4.07. The van der Waals surface area contributed by atoms with Crippen molar-refractivity contribution in [1.82, 2.24) is 4.98 Å². The molecule has 0 saturated heterocycles. The van der Waals surface area contributed by atoms with Crippen LogP contribution in [0.2, 0.25) is 0 Å². The summed E-state index contributed by atoms with van der Waals surface area (Å²) >= 11 is 1.45. The Morgan fingerprint density at radius 2 is 2.06 bits per heavy atom. The number of aryl methyl sites for hydroxylation is 2. The molecule has 0 aliphatic heterocycles. The summed E-state index contributed by atoms with van der Waals surface area (Å²) in [5.74, 6) is 0. The highest BCUT2D eigenvalue weighted by Crippen LogP contribution is 2.28. The fourth-order valence-electron chi connectivity index (χ4n) is 1.30. The van der Waals surface area contributed by atoms with Gasteiger partial charge in [0.15, 0.2) is 0 Å². The number of pyridine rings is 1. The maximum atomic E-state index is 9.45. The third kappa shape index (κ3) is 2.97. The molecule has 0 spiro atoms. The lowest BCUT2D eigenvalue weighted by molar-refractivity contribution is 0.196. The van der Waals surface area contributed by atoms with Crippen molar-refractivity contribution < 1.29 is 5.11 Å². The monoisotopic (exact) mass is 236 g/mol. The van der Waals surface area contributed by atoms with Gasteiger partial charge in [0.05, 0.1) is 11.7 Å². The number of nitrogens with zero attached hydrogens (tertiary/aromatic N) is 2. The molecule has 1 rings (SSSR count). The van der Waals surface area contributed by atoms with Crippen molar-refractivity contribution in [3.63, 3.8) is 0 Å². The minimum Gasteiger partial charge on any atom is -0.392 e. The van der Waals surface area contributed by atoms with E-state index in [0.29, 0.717) is 10.6 Å². The summed E-state index contributed by atoms with van der Waals surface area (Å²) in [7, 11) is 0. The normalized spacial score (nSPS) is 14.2. The summed E-state index contributed by atoms with van der Waals surface area (Å²) in [5, 5.41) is 19.3. The average molecular weight is 236 g/mol. The Bertz CT molecular complexity index is 424. The van der Waals surface area contributed by atoms with Crippen LogP contribution in [0, 0.1) is 25.2 Å². The van der Waals surface area contributed by atoms with Gasteiger partial charge in [-0.05, 0) is 32.4 Å². The Kier molecular flexibility index (Phi) is 4.34. The quantitative estimate of drug-likeness (QED) is 0.819. The molecule has 0 bridgehead atoms. The van der Waals surface area contributed by atoms with Crippen molar-refractivity contribution in [3.05, 3.63) is 22.9 Å². The van der Waals surface area contributed by atoms with E-state index in [9.17, 15) is 5.11 Å². The summed E-state index contributed by atoms with van der Waals surface area (Å²) in [5.41, 5.74) is 2.45. The van der Waals surface area contributed by atoms with Gasteiger partial charge < -0.3 is 5.11 Å². The van der Waals surface area contributed by atoms with Crippen LogP contribution in [0.25, 0.3) is 0 Å². The number of nitriles is 1. The molecule has 86 valence electrons. The minimum absolute atomic E-state index is 0.0285. The van der Waals surface area contributed by atoms with E-state index < -0.39 is 6.10 Å². The smallest absolute Gasteiger partial charge is 0.115 e. The first-order chi connectivity index (χ1) is 7.45. The number of aliphatic hydroxyl groups is 1. The van der Waals surface area contributed by atoms with Gasteiger partial charge in [-0.25, -0.2) is 4.98 Å². The van der Waals surface area contributed by atoms with Crippen LogP contribution in [0.4, 0.5) is 0 Å². The molecule has 1 aromatic heterocycles. The van der Waals surface area contributed by atoms with Gasteiger partial charge >= 0.3 is 0 Å². The second-order valence-corrected chi connectivity index (χ2v) is 5.30. The second kappa shape index (κ2) is 5.33. The van der Waals surface area contributed by atoms with Crippen molar-refractivity contribution in [3.8, 4) is 6.07 Å². The minimum atomic E-state index is -0.417. The molecule has 4 heteroatoms. The fraction of sp³-hybridized carbons (Fsp3) is 0.500. The summed E-state index contributed by atoms with van der Waals surface area (Å²) in [6.45, 7) is 7.48. The Labute approximate surface area is 101 Å². The largest absolute Gasteiger partial charge is 0.392 e. The number of aliphatic hydroxyl groups excluding tert-OH is 1. The topological polar surface area (TPSA) is 56.9 Å². The maximum absolute atomic E-state index is 9.45. The van der Waals surface area contributed by atoms with E-state index in [4.69, 9.17) is 5.26 Å². The predicted molar refractivity (Wildman–Crippen MR) is 65.4 cm³/mol. The molecule has 2 atom stereocenters. The molecule has 1 heterocycles. The molecule has 0 fully saturated rings. The Morgan fingerprint density at radius 1 is 1.44 bits per heavy atom. The van der Waals surface area contributed by atoms with Gasteiger partial charge in [0.25, 0.3) is 0 Å². The highest BCUT2D eigenvalue weighted by atomic mass is 32.2. The number of thioether (sulfide) groups is 1. The fourth-order valence-corrected chi connectivity index (χ4v) is 2.37. The molecule has 2 unspecified atom stereocenters. The number of aromatic nitrogens is 1. The van der Waals surface area contributed by atoms with Gasteiger partial charge in [-0.3, -0.25) is 0 Å². The van der Waals surface area contributed by atoms with E-state index in [1.807, 2.05) is 26.8 Å². The van der Waals surface area contributed by atoms with Gasteiger partial charge in [0.1, 0.15) is 11.1 Å². The van der Waals surface area contributed by atoms with Gasteiger partial charge in [-0.15, -0.1) is 0 Å². The van der Waals surface area contributed by atoms with Crippen LogP contribution in [0.1, 0.15) is 30.7 Å². The van der Waals surface area contributed by atoms with Crippen LogP contribution < -0.4 is 0 Å². The molecule has 3 nitrogen and oxygen atoms in total. The average Bonchev–Trinajstić information content (AvgIpc) is 2.16. The van der Waals surface area contributed by atoms with E-state index in [1.54, 1.807) is 6.92 Å².